The zero-order chi connectivity index (χ0) is 11.4. The van der Waals surface area contributed by atoms with E-state index in [1.165, 1.54) is 11.8 Å². The van der Waals surface area contributed by atoms with Crippen molar-refractivity contribution in [1.29, 1.82) is 0 Å². The maximum Gasteiger partial charge on any atom is 0.329 e. The summed E-state index contributed by atoms with van der Waals surface area (Å²) < 4.78 is 0. The first-order chi connectivity index (χ1) is 6.84. The maximum atomic E-state index is 11.2. The quantitative estimate of drug-likeness (QED) is 0.647. The minimum atomic E-state index is -1.26. The highest BCUT2D eigenvalue weighted by molar-refractivity contribution is 5.94. The summed E-state index contributed by atoms with van der Waals surface area (Å²) in [5.41, 5.74) is -2.28. The zero-order valence-corrected chi connectivity index (χ0v) is 8.19. The summed E-state index contributed by atoms with van der Waals surface area (Å²) in [5, 5.41) is 18.0. The summed E-state index contributed by atoms with van der Waals surface area (Å²) in [4.78, 5) is 34.4. The van der Waals surface area contributed by atoms with Gasteiger partial charge in [0.25, 0.3) is 0 Å². The SMILES string of the molecule is CC(=O)N1CC2(C(=O)O)CC1(C(=O)O)C2. The second-order valence-electron chi connectivity index (χ2n) is 4.38. The monoisotopic (exact) mass is 213 g/mol. The minimum Gasteiger partial charge on any atom is -0.481 e. The van der Waals surface area contributed by atoms with Gasteiger partial charge in [-0.25, -0.2) is 4.79 Å². The molecule has 3 aliphatic rings. The summed E-state index contributed by atoms with van der Waals surface area (Å²) >= 11 is 0. The summed E-state index contributed by atoms with van der Waals surface area (Å²) in [6.07, 6.45) is 0.0640. The number of carbonyl (C=O) groups is 3. The van der Waals surface area contributed by atoms with Crippen molar-refractivity contribution in [3.8, 4) is 0 Å². The molecule has 0 radical (unpaired) electrons. The summed E-state index contributed by atoms with van der Waals surface area (Å²) in [5.74, 6) is -2.49. The second kappa shape index (κ2) is 2.50. The largest absolute Gasteiger partial charge is 0.481 e. The molecule has 1 amide bonds. The molecule has 15 heavy (non-hydrogen) atoms. The Morgan fingerprint density at radius 3 is 1.93 bits per heavy atom. The normalized spacial score (nSPS) is 37.3. The second-order valence-corrected chi connectivity index (χ2v) is 4.38. The van der Waals surface area contributed by atoms with E-state index in [-0.39, 0.29) is 25.3 Å². The lowest BCUT2D eigenvalue weighted by atomic mass is 9.62. The number of carboxylic acid groups (broad SMARTS) is 2. The molecule has 2 aliphatic heterocycles. The molecule has 82 valence electrons. The molecule has 0 atom stereocenters. The van der Waals surface area contributed by atoms with Crippen molar-refractivity contribution in [2.24, 2.45) is 5.41 Å². The van der Waals surface area contributed by atoms with Gasteiger partial charge in [0.2, 0.25) is 5.91 Å². The molecular weight excluding hydrogens is 202 g/mol. The average molecular weight is 213 g/mol. The summed E-state index contributed by atoms with van der Waals surface area (Å²) in [7, 11) is 0. The predicted molar refractivity (Wildman–Crippen MR) is 47.1 cm³/mol. The lowest BCUT2D eigenvalue weighted by Crippen LogP contribution is -2.58. The molecule has 0 aromatic rings. The van der Waals surface area contributed by atoms with Crippen molar-refractivity contribution in [2.75, 3.05) is 6.54 Å². The van der Waals surface area contributed by atoms with E-state index in [1.807, 2.05) is 0 Å². The molecule has 0 unspecified atom stereocenters. The minimum absolute atomic E-state index is 0.0178. The third-order valence-electron chi connectivity index (χ3n) is 3.47. The fraction of sp³-hybridized carbons (Fsp3) is 0.667. The van der Waals surface area contributed by atoms with Crippen LogP contribution in [0.25, 0.3) is 0 Å². The van der Waals surface area contributed by atoms with Crippen LogP contribution in [0, 0.1) is 5.41 Å². The van der Waals surface area contributed by atoms with Gasteiger partial charge in [-0.15, -0.1) is 0 Å². The van der Waals surface area contributed by atoms with Crippen LogP contribution in [-0.2, 0) is 14.4 Å². The van der Waals surface area contributed by atoms with Gasteiger partial charge in [0.15, 0.2) is 0 Å². The van der Waals surface area contributed by atoms with Gasteiger partial charge in [0, 0.05) is 13.5 Å². The first-order valence-electron chi connectivity index (χ1n) is 4.59. The van der Waals surface area contributed by atoms with Gasteiger partial charge in [-0.05, 0) is 12.8 Å². The highest BCUT2D eigenvalue weighted by Gasteiger charge is 2.73. The number of hydrogen-bond donors (Lipinski definition) is 2. The van der Waals surface area contributed by atoms with E-state index in [0.29, 0.717) is 0 Å². The maximum absolute atomic E-state index is 11.2. The van der Waals surface area contributed by atoms with Gasteiger partial charge >= 0.3 is 11.9 Å². The Morgan fingerprint density at radius 2 is 1.67 bits per heavy atom. The molecule has 0 aromatic heterocycles. The van der Waals surface area contributed by atoms with Crippen molar-refractivity contribution < 1.29 is 24.6 Å². The van der Waals surface area contributed by atoms with E-state index in [2.05, 4.69) is 0 Å². The number of amides is 1. The van der Waals surface area contributed by atoms with E-state index in [4.69, 9.17) is 10.2 Å². The zero-order valence-electron chi connectivity index (χ0n) is 8.19. The van der Waals surface area contributed by atoms with Crippen LogP contribution in [0.1, 0.15) is 19.8 Å². The fourth-order valence-electron chi connectivity index (χ4n) is 2.72. The Kier molecular flexibility index (Phi) is 1.66. The van der Waals surface area contributed by atoms with Crippen LogP contribution in [0.4, 0.5) is 0 Å². The molecule has 1 aliphatic carbocycles. The number of nitrogens with zero attached hydrogens (tertiary/aromatic N) is 1. The Hall–Kier alpha value is -1.59. The van der Waals surface area contributed by atoms with Crippen molar-refractivity contribution in [3.05, 3.63) is 0 Å². The molecular formula is C9H11NO5. The van der Waals surface area contributed by atoms with Crippen LogP contribution in [0.5, 0.6) is 0 Å². The van der Waals surface area contributed by atoms with Gasteiger partial charge in [0.1, 0.15) is 5.54 Å². The van der Waals surface area contributed by atoms with Gasteiger partial charge in [-0.1, -0.05) is 0 Å². The topological polar surface area (TPSA) is 94.9 Å². The Morgan fingerprint density at radius 1 is 1.13 bits per heavy atom. The fourth-order valence-corrected chi connectivity index (χ4v) is 2.72. The lowest BCUT2D eigenvalue weighted by molar-refractivity contribution is -0.165. The Bertz CT molecular complexity index is 363. The average Bonchev–Trinajstić information content (AvgIpc) is 2.52. The van der Waals surface area contributed by atoms with Crippen molar-refractivity contribution in [3.63, 3.8) is 0 Å². The molecule has 6 nitrogen and oxygen atoms in total. The van der Waals surface area contributed by atoms with Gasteiger partial charge in [-0.3, -0.25) is 9.59 Å². The lowest BCUT2D eigenvalue weighted by Gasteiger charge is -2.41. The number of rotatable bonds is 2. The molecule has 3 fully saturated rings. The molecule has 6 heteroatoms. The van der Waals surface area contributed by atoms with Crippen molar-refractivity contribution >= 4 is 17.8 Å². The van der Waals surface area contributed by atoms with E-state index in [9.17, 15) is 14.4 Å². The first kappa shape index (κ1) is 9.95. The van der Waals surface area contributed by atoms with Crippen LogP contribution in [0.3, 0.4) is 0 Å². The molecule has 2 saturated heterocycles. The van der Waals surface area contributed by atoms with Gasteiger partial charge in [-0.2, -0.15) is 0 Å². The van der Waals surface area contributed by atoms with Crippen LogP contribution in [0.15, 0.2) is 0 Å². The Labute approximate surface area is 85.5 Å². The smallest absolute Gasteiger partial charge is 0.329 e. The number of aliphatic carboxylic acids is 2. The van der Waals surface area contributed by atoms with Crippen LogP contribution >= 0.6 is 0 Å². The number of hydrogen-bond acceptors (Lipinski definition) is 3. The third kappa shape index (κ3) is 0.961. The van der Waals surface area contributed by atoms with E-state index >= 15 is 0 Å². The standard InChI is InChI=1S/C9H11NO5/c1-5(11)10-4-8(6(12)13)2-9(10,3-8)7(14)15/h2-4H2,1H3,(H,12,13)(H,14,15). The number of carboxylic acids is 2. The predicted octanol–water partition coefficient (Wildman–Crippen LogP) is -0.463. The van der Waals surface area contributed by atoms with Crippen LogP contribution in [-0.4, -0.2) is 45.0 Å². The van der Waals surface area contributed by atoms with Crippen LogP contribution in [0.2, 0.25) is 0 Å². The van der Waals surface area contributed by atoms with E-state index < -0.39 is 22.9 Å². The first-order valence-corrected chi connectivity index (χ1v) is 4.59. The highest BCUT2D eigenvalue weighted by Crippen LogP contribution is 2.59. The van der Waals surface area contributed by atoms with E-state index in [1.54, 1.807) is 0 Å². The molecule has 2 heterocycles. The molecule has 0 spiro atoms. The van der Waals surface area contributed by atoms with Gasteiger partial charge in [0.05, 0.1) is 5.41 Å². The van der Waals surface area contributed by atoms with Crippen LogP contribution < -0.4 is 0 Å². The molecule has 1 saturated carbocycles. The highest BCUT2D eigenvalue weighted by atomic mass is 16.4. The van der Waals surface area contributed by atoms with Crippen molar-refractivity contribution in [2.45, 2.75) is 25.3 Å². The van der Waals surface area contributed by atoms with E-state index in [0.717, 1.165) is 0 Å². The summed E-state index contributed by atoms with van der Waals surface area (Å²) in [6.45, 7) is 1.28. The number of carbonyl (C=O) groups excluding carboxylic acids is 1. The molecule has 0 aromatic carbocycles. The Balaban J connectivity index is 2.35. The van der Waals surface area contributed by atoms with Gasteiger partial charge < -0.3 is 15.1 Å². The van der Waals surface area contributed by atoms with Crippen molar-refractivity contribution in [1.82, 2.24) is 4.90 Å². The molecule has 2 N–H and O–H groups in total. The molecule has 2 bridgehead atoms. The number of fused-ring (bicyclic) bond motifs is 1. The molecule has 3 rings (SSSR count). The third-order valence-corrected chi connectivity index (χ3v) is 3.47. The summed E-state index contributed by atoms with van der Waals surface area (Å²) in [6, 6.07) is 0.